The fourth-order valence-corrected chi connectivity index (χ4v) is 1.50. The van der Waals surface area contributed by atoms with Gasteiger partial charge in [-0.05, 0) is 18.6 Å². The number of carbonyl (C=O) groups is 1. The second kappa shape index (κ2) is 9.17. The van der Waals surface area contributed by atoms with Crippen LogP contribution in [0.4, 0.5) is 11.4 Å². The normalized spacial score (nSPS) is 10.3. The highest BCUT2D eigenvalue weighted by molar-refractivity contribution is 5.94. The summed E-state index contributed by atoms with van der Waals surface area (Å²) in [6.45, 7) is 3.60. The molecule has 0 saturated carbocycles. The van der Waals surface area contributed by atoms with E-state index in [1.807, 2.05) is 6.92 Å². The first-order valence-electron chi connectivity index (χ1n) is 6.56. The molecular formula is C14H22N2O4. The smallest absolute Gasteiger partial charge is 0.250 e. The fourth-order valence-electron chi connectivity index (χ4n) is 1.50. The Hall–Kier alpha value is -1.79. The second-order valence-electron chi connectivity index (χ2n) is 4.17. The maximum atomic E-state index is 11.6. The van der Waals surface area contributed by atoms with Gasteiger partial charge in [-0.15, -0.1) is 0 Å². The number of anilines is 2. The van der Waals surface area contributed by atoms with Crippen LogP contribution in [0.1, 0.15) is 13.3 Å². The lowest BCUT2D eigenvalue weighted by Gasteiger charge is -2.10. The number of hydrogen-bond donors (Lipinski definition) is 2. The first-order valence-corrected chi connectivity index (χ1v) is 6.56. The van der Waals surface area contributed by atoms with Gasteiger partial charge in [0.15, 0.2) is 0 Å². The van der Waals surface area contributed by atoms with Gasteiger partial charge in [-0.25, -0.2) is 0 Å². The van der Waals surface area contributed by atoms with Gasteiger partial charge >= 0.3 is 0 Å². The van der Waals surface area contributed by atoms with Crippen LogP contribution in [0, 0.1) is 0 Å². The van der Waals surface area contributed by atoms with Gasteiger partial charge < -0.3 is 25.3 Å². The van der Waals surface area contributed by atoms with Crippen LogP contribution in [-0.4, -0.2) is 39.4 Å². The van der Waals surface area contributed by atoms with E-state index >= 15 is 0 Å². The van der Waals surface area contributed by atoms with Gasteiger partial charge in [0, 0.05) is 12.7 Å². The van der Waals surface area contributed by atoms with E-state index < -0.39 is 0 Å². The number of nitrogen functional groups attached to an aromatic ring is 1. The molecule has 0 bridgehead atoms. The predicted molar refractivity (Wildman–Crippen MR) is 78.0 cm³/mol. The minimum atomic E-state index is -0.252. The summed E-state index contributed by atoms with van der Waals surface area (Å²) in [6, 6.07) is 5.07. The zero-order chi connectivity index (χ0) is 14.8. The van der Waals surface area contributed by atoms with Gasteiger partial charge in [0.1, 0.15) is 12.4 Å². The van der Waals surface area contributed by atoms with Crippen LogP contribution in [0.25, 0.3) is 0 Å². The van der Waals surface area contributed by atoms with Crippen LogP contribution in [0.5, 0.6) is 5.75 Å². The molecule has 1 aromatic rings. The van der Waals surface area contributed by atoms with E-state index in [2.05, 4.69) is 5.32 Å². The monoisotopic (exact) mass is 282 g/mol. The minimum absolute atomic E-state index is 0.0268. The molecule has 0 aliphatic carbocycles. The van der Waals surface area contributed by atoms with Gasteiger partial charge in [-0.3, -0.25) is 4.79 Å². The quantitative estimate of drug-likeness (QED) is 0.531. The minimum Gasteiger partial charge on any atom is -0.497 e. The van der Waals surface area contributed by atoms with Gasteiger partial charge in [0.2, 0.25) is 5.91 Å². The lowest BCUT2D eigenvalue weighted by Crippen LogP contribution is -2.20. The Kier molecular flexibility index (Phi) is 7.46. The van der Waals surface area contributed by atoms with E-state index in [1.54, 1.807) is 25.3 Å². The average molecular weight is 282 g/mol. The van der Waals surface area contributed by atoms with Crippen molar-refractivity contribution in [3.8, 4) is 5.75 Å². The van der Waals surface area contributed by atoms with Crippen LogP contribution >= 0.6 is 0 Å². The average Bonchev–Trinajstić information content (AvgIpc) is 2.45. The fraction of sp³-hybridized carbons (Fsp3) is 0.500. The summed E-state index contributed by atoms with van der Waals surface area (Å²) in [7, 11) is 1.56. The number of nitrogens with two attached hydrogens (primary N) is 1. The van der Waals surface area contributed by atoms with Crippen molar-refractivity contribution in [2.45, 2.75) is 13.3 Å². The van der Waals surface area contributed by atoms with Crippen LogP contribution in [0.15, 0.2) is 18.2 Å². The van der Waals surface area contributed by atoms with Crippen LogP contribution in [0.3, 0.4) is 0 Å². The van der Waals surface area contributed by atoms with E-state index in [0.29, 0.717) is 36.9 Å². The number of amides is 1. The second-order valence-corrected chi connectivity index (χ2v) is 4.17. The van der Waals surface area contributed by atoms with Gasteiger partial charge in [-0.1, -0.05) is 6.92 Å². The predicted octanol–water partition coefficient (Wildman–Crippen LogP) is 1.66. The van der Waals surface area contributed by atoms with Crippen molar-refractivity contribution in [1.82, 2.24) is 0 Å². The molecule has 0 saturated heterocycles. The molecule has 0 aliphatic heterocycles. The van der Waals surface area contributed by atoms with Crippen LogP contribution in [-0.2, 0) is 14.3 Å². The van der Waals surface area contributed by atoms with E-state index in [4.69, 9.17) is 19.9 Å². The molecule has 1 rings (SSSR count). The molecule has 3 N–H and O–H groups in total. The van der Waals surface area contributed by atoms with Crippen molar-refractivity contribution in [2.75, 3.05) is 44.6 Å². The summed E-state index contributed by atoms with van der Waals surface area (Å²) >= 11 is 0. The van der Waals surface area contributed by atoms with Crippen molar-refractivity contribution in [3.05, 3.63) is 18.2 Å². The highest BCUT2D eigenvalue weighted by Crippen LogP contribution is 2.23. The topological polar surface area (TPSA) is 82.8 Å². The van der Waals surface area contributed by atoms with E-state index in [0.717, 1.165) is 6.42 Å². The molecule has 6 heteroatoms. The Morgan fingerprint density at radius 1 is 1.25 bits per heavy atom. The van der Waals surface area contributed by atoms with Crippen LogP contribution in [0.2, 0.25) is 0 Å². The summed E-state index contributed by atoms with van der Waals surface area (Å²) in [5.74, 6) is 0.391. The molecule has 1 amide bonds. The molecule has 6 nitrogen and oxygen atoms in total. The van der Waals surface area contributed by atoms with Crippen molar-refractivity contribution >= 4 is 17.3 Å². The van der Waals surface area contributed by atoms with E-state index in [9.17, 15) is 4.79 Å². The summed E-state index contributed by atoms with van der Waals surface area (Å²) in [5.41, 5.74) is 6.79. The third-order valence-corrected chi connectivity index (χ3v) is 2.49. The molecule has 0 aliphatic rings. The van der Waals surface area contributed by atoms with Crippen molar-refractivity contribution in [1.29, 1.82) is 0 Å². The first-order chi connectivity index (χ1) is 9.67. The molecule has 0 aromatic heterocycles. The Morgan fingerprint density at radius 2 is 2.00 bits per heavy atom. The van der Waals surface area contributed by atoms with Crippen LogP contribution < -0.4 is 15.8 Å². The summed E-state index contributed by atoms with van der Waals surface area (Å²) in [5, 5.41) is 2.68. The van der Waals surface area contributed by atoms with Gasteiger partial charge in [-0.2, -0.15) is 0 Å². The number of rotatable bonds is 9. The molecule has 1 aromatic carbocycles. The highest BCUT2D eigenvalue weighted by Gasteiger charge is 2.06. The summed E-state index contributed by atoms with van der Waals surface area (Å²) in [6.07, 6.45) is 0.969. The lowest BCUT2D eigenvalue weighted by atomic mass is 10.2. The molecule has 0 heterocycles. The first kappa shape index (κ1) is 16.3. The maximum absolute atomic E-state index is 11.6. The Balaban J connectivity index is 2.28. The molecule has 112 valence electrons. The summed E-state index contributed by atoms with van der Waals surface area (Å²) in [4.78, 5) is 11.6. The van der Waals surface area contributed by atoms with Gasteiger partial charge in [0.25, 0.3) is 0 Å². The standard InChI is InChI=1S/C14H22N2O4/c1-3-6-19-7-8-20-10-14(17)16-13-5-4-11(18-2)9-12(13)15/h4-5,9H,3,6-8,10,15H2,1-2H3,(H,16,17). The Labute approximate surface area is 119 Å². The Morgan fingerprint density at radius 3 is 2.65 bits per heavy atom. The number of methoxy groups -OCH3 is 1. The lowest BCUT2D eigenvalue weighted by molar-refractivity contribution is -0.121. The number of ether oxygens (including phenoxy) is 3. The number of nitrogens with one attached hydrogen (secondary N) is 1. The molecule has 0 unspecified atom stereocenters. The third-order valence-electron chi connectivity index (χ3n) is 2.49. The molecule has 0 spiro atoms. The van der Waals surface area contributed by atoms with Gasteiger partial charge in [0.05, 0.1) is 31.7 Å². The maximum Gasteiger partial charge on any atom is 0.250 e. The number of hydrogen-bond acceptors (Lipinski definition) is 5. The molecule has 0 radical (unpaired) electrons. The number of benzene rings is 1. The zero-order valence-corrected chi connectivity index (χ0v) is 12.0. The van der Waals surface area contributed by atoms with Crippen molar-refractivity contribution in [2.24, 2.45) is 0 Å². The molecule has 20 heavy (non-hydrogen) atoms. The van der Waals surface area contributed by atoms with E-state index in [1.165, 1.54) is 0 Å². The summed E-state index contributed by atoms with van der Waals surface area (Å²) < 4.78 is 15.5. The van der Waals surface area contributed by atoms with E-state index in [-0.39, 0.29) is 12.5 Å². The SMILES string of the molecule is CCCOCCOCC(=O)Nc1ccc(OC)cc1N. The molecular weight excluding hydrogens is 260 g/mol. The molecule has 0 atom stereocenters. The number of carbonyl (C=O) groups excluding carboxylic acids is 1. The zero-order valence-electron chi connectivity index (χ0n) is 12.0. The third kappa shape index (κ3) is 5.90. The Bertz CT molecular complexity index is 424. The van der Waals surface area contributed by atoms with Crippen molar-refractivity contribution < 1.29 is 19.0 Å². The largest absolute Gasteiger partial charge is 0.497 e. The molecule has 0 fully saturated rings. The highest BCUT2D eigenvalue weighted by atomic mass is 16.5. The van der Waals surface area contributed by atoms with Crippen molar-refractivity contribution in [3.63, 3.8) is 0 Å².